The highest BCUT2D eigenvalue weighted by atomic mass is 32.2. The van der Waals surface area contributed by atoms with E-state index in [0.29, 0.717) is 13.0 Å². The zero-order chi connectivity index (χ0) is 13.0. The first-order valence-corrected chi connectivity index (χ1v) is 8.58. The minimum Gasteiger partial charge on any atom is -0.329 e. The lowest BCUT2D eigenvalue weighted by molar-refractivity contribution is 0.588. The van der Waals surface area contributed by atoms with Crippen LogP contribution in [0.15, 0.2) is 29.9 Å². The lowest BCUT2D eigenvalue weighted by Crippen LogP contribution is -2.15. The second kappa shape index (κ2) is 5.67. The van der Waals surface area contributed by atoms with E-state index in [9.17, 15) is 8.42 Å². The number of aromatic nitrogens is 2. The summed E-state index contributed by atoms with van der Waals surface area (Å²) in [5.74, 6) is 1.28. The van der Waals surface area contributed by atoms with E-state index < -0.39 is 9.84 Å². The Morgan fingerprint density at radius 2 is 2.22 bits per heavy atom. The van der Waals surface area contributed by atoms with Crippen LogP contribution in [-0.4, -0.2) is 29.5 Å². The van der Waals surface area contributed by atoms with E-state index in [1.54, 1.807) is 17.5 Å². The molecule has 0 aliphatic heterocycles. The number of aryl methyl sites for hydroxylation is 1. The lowest BCUT2D eigenvalue weighted by atomic mass is 10.4. The standard InChI is InChI=1S/C12H16N2O2S2/c1-2-9-18(15,16)10-7-14-6-5-13-12(14)11-4-3-8-17-11/h3-6,8H,2,7,9-10H2,1H3. The molecule has 2 rings (SSSR count). The zero-order valence-electron chi connectivity index (χ0n) is 10.2. The Hall–Kier alpha value is -1.14. The van der Waals surface area contributed by atoms with E-state index in [-0.39, 0.29) is 11.5 Å². The molecule has 4 nitrogen and oxygen atoms in total. The molecule has 0 unspecified atom stereocenters. The first-order valence-electron chi connectivity index (χ1n) is 5.88. The highest BCUT2D eigenvalue weighted by Gasteiger charge is 2.12. The Morgan fingerprint density at radius 3 is 2.89 bits per heavy atom. The summed E-state index contributed by atoms with van der Waals surface area (Å²) in [6.45, 7) is 2.35. The van der Waals surface area contributed by atoms with Gasteiger partial charge in [-0.25, -0.2) is 13.4 Å². The van der Waals surface area contributed by atoms with Gasteiger partial charge in [0.15, 0.2) is 9.84 Å². The van der Waals surface area contributed by atoms with Gasteiger partial charge in [0.25, 0.3) is 0 Å². The smallest absolute Gasteiger partial charge is 0.152 e. The average molecular weight is 284 g/mol. The third kappa shape index (κ3) is 3.20. The van der Waals surface area contributed by atoms with Crippen molar-refractivity contribution < 1.29 is 8.42 Å². The lowest BCUT2D eigenvalue weighted by Gasteiger charge is -2.07. The number of thiophene rings is 1. The van der Waals surface area contributed by atoms with E-state index in [4.69, 9.17) is 0 Å². The zero-order valence-corrected chi connectivity index (χ0v) is 11.9. The van der Waals surface area contributed by atoms with Crippen molar-refractivity contribution in [2.75, 3.05) is 11.5 Å². The second-order valence-electron chi connectivity index (χ2n) is 4.07. The number of sulfone groups is 1. The molecule has 98 valence electrons. The van der Waals surface area contributed by atoms with E-state index in [2.05, 4.69) is 4.98 Å². The van der Waals surface area contributed by atoms with Crippen LogP contribution in [0.5, 0.6) is 0 Å². The Kier molecular flexibility index (Phi) is 4.19. The van der Waals surface area contributed by atoms with Crippen molar-refractivity contribution in [3.63, 3.8) is 0 Å². The molecule has 18 heavy (non-hydrogen) atoms. The van der Waals surface area contributed by atoms with Gasteiger partial charge in [-0.2, -0.15) is 0 Å². The van der Waals surface area contributed by atoms with Crippen molar-refractivity contribution in [2.45, 2.75) is 19.9 Å². The molecular weight excluding hydrogens is 268 g/mol. The quantitative estimate of drug-likeness (QED) is 0.818. The molecular formula is C12H16N2O2S2. The Morgan fingerprint density at radius 1 is 1.39 bits per heavy atom. The van der Waals surface area contributed by atoms with Crippen LogP contribution in [-0.2, 0) is 16.4 Å². The molecule has 2 aromatic rings. The summed E-state index contributed by atoms with van der Waals surface area (Å²) in [6, 6.07) is 3.96. The van der Waals surface area contributed by atoms with Crippen molar-refractivity contribution in [2.24, 2.45) is 0 Å². The molecule has 0 radical (unpaired) electrons. The largest absolute Gasteiger partial charge is 0.329 e. The maximum atomic E-state index is 11.7. The van der Waals surface area contributed by atoms with Gasteiger partial charge in [-0.05, 0) is 17.9 Å². The molecule has 0 spiro atoms. The summed E-state index contributed by atoms with van der Waals surface area (Å²) >= 11 is 1.61. The highest BCUT2D eigenvalue weighted by Crippen LogP contribution is 2.22. The third-order valence-electron chi connectivity index (χ3n) is 2.62. The second-order valence-corrected chi connectivity index (χ2v) is 7.32. The predicted molar refractivity (Wildman–Crippen MR) is 74.5 cm³/mol. The maximum absolute atomic E-state index is 11.7. The molecule has 0 saturated heterocycles. The summed E-state index contributed by atoms with van der Waals surface area (Å²) in [4.78, 5) is 5.35. The van der Waals surface area contributed by atoms with Crippen LogP contribution in [0.4, 0.5) is 0 Å². The summed E-state index contributed by atoms with van der Waals surface area (Å²) < 4.78 is 25.3. The molecule has 0 amide bonds. The summed E-state index contributed by atoms with van der Waals surface area (Å²) in [5, 5.41) is 1.99. The van der Waals surface area contributed by atoms with E-state index in [1.165, 1.54) is 0 Å². The van der Waals surface area contributed by atoms with Gasteiger partial charge in [-0.3, -0.25) is 0 Å². The molecule has 0 saturated carbocycles. The maximum Gasteiger partial charge on any atom is 0.152 e. The molecule has 0 aliphatic rings. The summed E-state index contributed by atoms with van der Waals surface area (Å²) in [6.07, 6.45) is 4.21. The van der Waals surface area contributed by atoms with Crippen LogP contribution in [0.1, 0.15) is 13.3 Å². The van der Waals surface area contributed by atoms with Crippen LogP contribution in [0.2, 0.25) is 0 Å². The van der Waals surface area contributed by atoms with Gasteiger partial charge in [-0.15, -0.1) is 11.3 Å². The molecule has 0 N–H and O–H groups in total. The number of imidazole rings is 1. The fourth-order valence-corrected chi connectivity index (χ4v) is 3.81. The van der Waals surface area contributed by atoms with E-state index in [0.717, 1.165) is 10.7 Å². The van der Waals surface area contributed by atoms with Crippen LogP contribution in [0.3, 0.4) is 0 Å². The van der Waals surface area contributed by atoms with Gasteiger partial charge in [0, 0.05) is 24.7 Å². The van der Waals surface area contributed by atoms with Crippen molar-refractivity contribution in [1.82, 2.24) is 9.55 Å². The highest BCUT2D eigenvalue weighted by molar-refractivity contribution is 7.91. The molecule has 0 aromatic carbocycles. The third-order valence-corrected chi connectivity index (χ3v) is 5.32. The molecule has 0 fully saturated rings. The number of rotatable bonds is 6. The first kappa shape index (κ1) is 13.3. The summed E-state index contributed by atoms with van der Waals surface area (Å²) in [5.41, 5.74) is 0. The molecule has 2 heterocycles. The van der Waals surface area contributed by atoms with Gasteiger partial charge < -0.3 is 4.57 Å². The summed E-state index contributed by atoms with van der Waals surface area (Å²) in [7, 11) is -2.94. The van der Waals surface area contributed by atoms with E-state index in [1.807, 2.05) is 35.2 Å². The molecule has 6 heteroatoms. The van der Waals surface area contributed by atoms with Crippen molar-refractivity contribution in [3.8, 4) is 10.7 Å². The minimum absolute atomic E-state index is 0.176. The van der Waals surface area contributed by atoms with Crippen LogP contribution < -0.4 is 0 Å². The molecule has 0 aliphatic carbocycles. The average Bonchev–Trinajstić information content (AvgIpc) is 2.97. The topological polar surface area (TPSA) is 52.0 Å². The number of hydrogen-bond acceptors (Lipinski definition) is 4. The SMILES string of the molecule is CCCS(=O)(=O)CCn1ccnc1-c1cccs1. The van der Waals surface area contributed by atoms with Crippen LogP contribution in [0, 0.1) is 0 Å². The van der Waals surface area contributed by atoms with Gasteiger partial charge in [0.2, 0.25) is 0 Å². The van der Waals surface area contributed by atoms with E-state index >= 15 is 0 Å². The minimum atomic E-state index is -2.94. The van der Waals surface area contributed by atoms with Crippen molar-refractivity contribution in [3.05, 3.63) is 29.9 Å². The fourth-order valence-electron chi connectivity index (χ4n) is 1.77. The molecule has 2 aromatic heterocycles. The molecule has 0 atom stereocenters. The van der Waals surface area contributed by atoms with Crippen molar-refractivity contribution in [1.29, 1.82) is 0 Å². The van der Waals surface area contributed by atoms with Crippen molar-refractivity contribution >= 4 is 21.2 Å². The van der Waals surface area contributed by atoms with Gasteiger partial charge in [-0.1, -0.05) is 13.0 Å². The van der Waals surface area contributed by atoms with Gasteiger partial charge in [0.05, 0.1) is 10.6 Å². The fraction of sp³-hybridized carbons (Fsp3) is 0.417. The predicted octanol–water partition coefficient (Wildman–Crippen LogP) is 2.44. The van der Waals surface area contributed by atoms with Crippen LogP contribution in [0.25, 0.3) is 10.7 Å². The van der Waals surface area contributed by atoms with Crippen LogP contribution >= 0.6 is 11.3 Å². The number of nitrogens with zero attached hydrogens (tertiary/aromatic N) is 2. The van der Waals surface area contributed by atoms with Gasteiger partial charge in [0.1, 0.15) is 5.82 Å². The Bertz CT molecular complexity index is 585. The van der Waals surface area contributed by atoms with Gasteiger partial charge >= 0.3 is 0 Å². The monoisotopic (exact) mass is 284 g/mol. The molecule has 0 bridgehead atoms. The Labute approximate surface area is 111 Å². The first-order chi connectivity index (χ1) is 8.62. The Balaban J connectivity index is 2.10. The number of hydrogen-bond donors (Lipinski definition) is 0. The normalized spacial score (nSPS) is 11.8.